The molecule has 3 heteroatoms. The van der Waals surface area contributed by atoms with Crippen molar-refractivity contribution in [3.05, 3.63) is 29.3 Å². The molecule has 0 aliphatic carbocycles. The van der Waals surface area contributed by atoms with Gasteiger partial charge >= 0.3 is 0 Å². The van der Waals surface area contributed by atoms with Crippen LogP contribution in [0, 0.1) is 0 Å². The lowest BCUT2D eigenvalue weighted by Crippen LogP contribution is -2.26. The molecule has 0 spiro atoms. The maximum Gasteiger partial charge on any atom is 0.234 e. The SMILES string of the molecule is COCCCc1ccc2c(c1)NC(=O)C2(C)C. The fraction of sp³-hybridized carbons (Fsp3) is 0.500. The lowest BCUT2D eigenvalue weighted by molar-refractivity contribution is -0.119. The minimum absolute atomic E-state index is 0.0848. The first-order valence-electron chi connectivity index (χ1n) is 5.99. The molecular formula is C14H19NO2. The van der Waals surface area contributed by atoms with E-state index >= 15 is 0 Å². The van der Waals surface area contributed by atoms with Crippen molar-refractivity contribution < 1.29 is 9.53 Å². The molecule has 0 radical (unpaired) electrons. The Labute approximate surface area is 102 Å². The maximum atomic E-state index is 11.8. The number of carbonyl (C=O) groups excluding carboxylic acids is 1. The number of hydrogen-bond donors (Lipinski definition) is 1. The van der Waals surface area contributed by atoms with Crippen LogP contribution in [0.5, 0.6) is 0 Å². The van der Waals surface area contributed by atoms with Gasteiger partial charge in [-0.15, -0.1) is 0 Å². The molecular weight excluding hydrogens is 214 g/mol. The van der Waals surface area contributed by atoms with Crippen molar-refractivity contribution >= 4 is 11.6 Å². The van der Waals surface area contributed by atoms with E-state index in [9.17, 15) is 4.79 Å². The molecule has 1 aliphatic rings. The second kappa shape index (κ2) is 4.49. The number of hydrogen-bond acceptors (Lipinski definition) is 2. The summed E-state index contributed by atoms with van der Waals surface area (Å²) in [5.41, 5.74) is 2.91. The summed E-state index contributed by atoms with van der Waals surface area (Å²) in [5.74, 6) is 0.0848. The van der Waals surface area contributed by atoms with Crippen LogP contribution < -0.4 is 5.32 Å². The smallest absolute Gasteiger partial charge is 0.234 e. The van der Waals surface area contributed by atoms with Gasteiger partial charge < -0.3 is 10.1 Å². The van der Waals surface area contributed by atoms with Crippen molar-refractivity contribution in [2.24, 2.45) is 0 Å². The molecule has 1 aromatic carbocycles. The van der Waals surface area contributed by atoms with Gasteiger partial charge in [-0.2, -0.15) is 0 Å². The summed E-state index contributed by atoms with van der Waals surface area (Å²) in [7, 11) is 1.71. The van der Waals surface area contributed by atoms with Crippen molar-refractivity contribution in [1.29, 1.82) is 0 Å². The molecule has 0 saturated heterocycles. The molecule has 2 rings (SSSR count). The molecule has 1 aliphatic heterocycles. The predicted octanol–water partition coefficient (Wildman–Crippen LogP) is 2.50. The van der Waals surface area contributed by atoms with Gasteiger partial charge in [0.15, 0.2) is 0 Å². The molecule has 0 unspecified atom stereocenters. The lowest BCUT2D eigenvalue weighted by Gasteiger charge is -2.14. The highest BCUT2D eigenvalue weighted by Crippen LogP contribution is 2.37. The number of ether oxygens (including phenoxy) is 1. The van der Waals surface area contributed by atoms with E-state index in [0.717, 1.165) is 30.7 Å². The highest BCUT2D eigenvalue weighted by Gasteiger charge is 2.37. The van der Waals surface area contributed by atoms with Crippen LogP contribution in [-0.2, 0) is 21.4 Å². The standard InChI is InChI=1S/C14H19NO2/c1-14(2)11-7-6-10(5-4-8-17-3)9-12(11)15-13(14)16/h6-7,9H,4-5,8H2,1-3H3,(H,15,16). The molecule has 92 valence electrons. The topological polar surface area (TPSA) is 38.3 Å². The minimum atomic E-state index is -0.402. The van der Waals surface area contributed by atoms with E-state index in [-0.39, 0.29) is 5.91 Å². The molecule has 0 aromatic heterocycles. The first kappa shape index (κ1) is 12.1. The van der Waals surface area contributed by atoms with Gasteiger partial charge in [0.1, 0.15) is 0 Å². The van der Waals surface area contributed by atoms with Crippen molar-refractivity contribution in [3.8, 4) is 0 Å². The van der Waals surface area contributed by atoms with Crippen LogP contribution in [0.1, 0.15) is 31.4 Å². The maximum absolute atomic E-state index is 11.8. The highest BCUT2D eigenvalue weighted by atomic mass is 16.5. The Morgan fingerprint density at radius 2 is 2.12 bits per heavy atom. The Bertz CT molecular complexity index is 438. The summed E-state index contributed by atoms with van der Waals surface area (Å²) in [6, 6.07) is 6.25. The average molecular weight is 233 g/mol. The molecule has 1 N–H and O–H groups in total. The van der Waals surface area contributed by atoms with Gasteiger partial charge in [-0.1, -0.05) is 12.1 Å². The van der Waals surface area contributed by atoms with Gasteiger partial charge in [0.05, 0.1) is 5.41 Å². The van der Waals surface area contributed by atoms with Gasteiger partial charge in [0.25, 0.3) is 0 Å². The van der Waals surface area contributed by atoms with Crippen LogP contribution in [0.15, 0.2) is 18.2 Å². The number of rotatable bonds is 4. The number of anilines is 1. The summed E-state index contributed by atoms with van der Waals surface area (Å²) in [6.07, 6.45) is 1.99. The normalized spacial score (nSPS) is 16.8. The van der Waals surface area contributed by atoms with Crippen molar-refractivity contribution in [2.75, 3.05) is 19.0 Å². The van der Waals surface area contributed by atoms with Crippen LogP contribution in [0.4, 0.5) is 5.69 Å². The molecule has 1 aromatic rings. The third-order valence-corrected chi connectivity index (χ3v) is 3.39. The van der Waals surface area contributed by atoms with Crippen molar-refractivity contribution in [3.63, 3.8) is 0 Å². The first-order chi connectivity index (χ1) is 8.05. The van der Waals surface area contributed by atoms with E-state index in [0.29, 0.717) is 0 Å². The fourth-order valence-corrected chi connectivity index (χ4v) is 2.22. The second-order valence-corrected chi connectivity index (χ2v) is 5.06. The molecule has 0 atom stereocenters. The number of methoxy groups -OCH3 is 1. The molecule has 0 bridgehead atoms. The summed E-state index contributed by atoms with van der Waals surface area (Å²) >= 11 is 0. The van der Waals surface area contributed by atoms with E-state index in [1.807, 2.05) is 13.8 Å². The summed E-state index contributed by atoms with van der Waals surface area (Å²) in [5, 5.41) is 2.95. The summed E-state index contributed by atoms with van der Waals surface area (Å²) in [6.45, 7) is 4.69. The lowest BCUT2D eigenvalue weighted by atomic mass is 9.85. The van der Waals surface area contributed by atoms with Crippen LogP contribution >= 0.6 is 0 Å². The molecule has 1 heterocycles. The van der Waals surface area contributed by atoms with E-state index in [4.69, 9.17) is 4.74 Å². The van der Waals surface area contributed by atoms with E-state index < -0.39 is 5.41 Å². The van der Waals surface area contributed by atoms with Gasteiger partial charge in [0.2, 0.25) is 5.91 Å². The van der Waals surface area contributed by atoms with Crippen LogP contribution in [0.3, 0.4) is 0 Å². The van der Waals surface area contributed by atoms with E-state index in [1.165, 1.54) is 5.56 Å². The quantitative estimate of drug-likeness (QED) is 0.811. The van der Waals surface area contributed by atoms with Crippen molar-refractivity contribution in [1.82, 2.24) is 0 Å². The molecule has 1 amide bonds. The molecule has 3 nitrogen and oxygen atoms in total. The largest absolute Gasteiger partial charge is 0.385 e. The third-order valence-electron chi connectivity index (χ3n) is 3.39. The zero-order valence-electron chi connectivity index (χ0n) is 10.7. The van der Waals surface area contributed by atoms with E-state index in [2.05, 4.69) is 23.5 Å². The molecule has 0 fully saturated rings. The van der Waals surface area contributed by atoms with Gasteiger partial charge in [0, 0.05) is 19.4 Å². The highest BCUT2D eigenvalue weighted by molar-refractivity contribution is 6.05. The van der Waals surface area contributed by atoms with Crippen LogP contribution in [0.25, 0.3) is 0 Å². The van der Waals surface area contributed by atoms with Gasteiger partial charge in [-0.3, -0.25) is 4.79 Å². The summed E-state index contributed by atoms with van der Waals surface area (Å²) < 4.78 is 5.04. The Balaban J connectivity index is 2.17. The number of nitrogens with one attached hydrogen (secondary N) is 1. The number of fused-ring (bicyclic) bond motifs is 1. The Morgan fingerprint density at radius 3 is 2.82 bits per heavy atom. The zero-order valence-corrected chi connectivity index (χ0v) is 10.7. The third kappa shape index (κ3) is 2.20. The number of carbonyl (C=O) groups is 1. The minimum Gasteiger partial charge on any atom is -0.385 e. The van der Waals surface area contributed by atoms with Crippen molar-refractivity contribution in [2.45, 2.75) is 32.1 Å². The van der Waals surface area contributed by atoms with E-state index in [1.54, 1.807) is 7.11 Å². The Kier molecular flexibility index (Phi) is 3.20. The number of benzene rings is 1. The molecule has 17 heavy (non-hydrogen) atoms. The predicted molar refractivity (Wildman–Crippen MR) is 68.3 cm³/mol. The number of amides is 1. The molecule has 0 saturated carbocycles. The second-order valence-electron chi connectivity index (χ2n) is 5.06. The Hall–Kier alpha value is -1.35. The monoisotopic (exact) mass is 233 g/mol. The van der Waals surface area contributed by atoms with Crippen LogP contribution in [0.2, 0.25) is 0 Å². The van der Waals surface area contributed by atoms with Crippen LogP contribution in [-0.4, -0.2) is 19.6 Å². The van der Waals surface area contributed by atoms with Gasteiger partial charge in [-0.25, -0.2) is 0 Å². The summed E-state index contributed by atoms with van der Waals surface area (Å²) in [4.78, 5) is 11.8. The zero-order chi connectivity index (χ0) is 12.5. The Morgan fingerprint density at radius 1 is 1.35 bits per heavy atom. The fourth-order valence-electron chi connectivity index (χ4n) is 2.22. The number of aryl methyl sites for hydroxylation is 1. The average Bonchev–Trinajstić information content (AvgIpc) is 2.50. The van der Waals surface area contributed by atoms with Gasteiger partial charge in [-0.05, 0) is 43.9 Å². The first-order valence-corrected chi connectivity index (χ1v) is 5.99.